The summed E-state index contributed by atoms with van der Waals surface area (Å²) in [5.41, 5.74) is 2.47. The van der Waals surface area contributed by atoms with Gasteiger partial charge in [-0.05, 0) is 30.7 Å². The van der Waals surface area contributed by atoms with Gasteiger partial charge in [-0.2, -0.15) is 0 Å². The van der Waals surface area contributed by atoms with Crippen molar-refractivity contribution in [2.75, 3.05) is 5.75 Å². The van der Waals surface area contributed by atoms with Gasteiger partial charge in [0.25, 0.3) is 0 Å². The van der Waals surface area contributed by atoms with Crippen LogP contribution in [0.3, 0.4) is 0 Å². The Morgan fingerprint density at radius 3 is 3.15 bits per heavy atom. The van der Waals surface area contributed by atoms with Crippen molar-refractivity contribution in [1.29, 1.82) is 0 Å². The average Bonchev–Trinajstić information content (AvgIpc) is 2.17. The molecule has 0 aromatic heterocycles. The third kappa shape index (κ3) is 1.63. The van der Waals surface area contributed by atoms with Gasteiger partial charge >= 0.3 is 0 Å². The topological polar surface area (TPSA) is 17.1 Å². The van der Waals surface area contributed by atoms with Crippen molar-refractivity contribution >= 4 is 18.0 Å². The van der Waals surface area contributed by atoms with Crippen LogP contribution in [-0.4, -0.2) is 12.0 Å². The third-order valence-electron chi connectivity index (χ3n) is 2.42. The molecule has 2 rings (SSSR count). The van der Waals surface area contributed by atoms with E-state index in [4.69, 9.17) is 0 Å². The van der Waals surface area contributed by atoms with Gasteiger partial charge in [-0.15, -0.1) is 11.8 Å². The van der Waals surface area contributed by atoms with Gasteiger partial charge in [-0.3, -0.25) is 0 Å². The van der Waals surface area contributed by atoms with Gasteiger partial charge in [-0.25, -0.2) is 0 Å². The number of fused-ring (bicyclic) bond motifs is 1. The predicted molar refractivity (Wildman–Crippen MR) is 55.3 cm³/mol. The Bertz CT molecular complexity index is 333. The molecule has 0 saturated heterocycles. The van der Waals surface area contributed by atoms with Crippen LogP contribution in [0.25, 0.3) is 0 Å². The highest BCUT2D eigenvalue weighted by Crippen LogP contribution is 2.36. The summed E-state index contributed by atoms with van der Waals surface area (Å²) in [5, 5.41) is 0. The normalized spacial score (nSPS) is 20.8. The Hall–Kier alpha value is -0.760. The highest BCUT2D eigenvalue weighted by molar-refractivity contribution is 7.99. The van der Waals surface area contributed by atoms with Crippen LogP contribution in [0.15, 0.2) is 23.1 Å². The maximum absolute atomic E-state index is 10.8. The minimum atomic E-state index is 0.135. The van der Waals surface area contributed by atoms with E-state index >= 15 is 0 Å². The second kappa shape index (κ2) is 3.54. The molecule has 1 nitrogen and oxygen atoms in total. The van der Waals surface area contributed by atoms with E-state index in [-0.39, 0.29) is 5.92 Å². The van der Waals surface area contributed by atoms with Crippen LogP contribution >= 0.6 is 11.8 Å². The lowest BCUT2D eigenvalue weighted by Gasteiger charge is -2.20. The first-order valence-electron chi connectivity index (χ1n) is 4.50. The molecule has 1 aromatic rings. The van der Waals surface area contributed by atoms with Gasteiger partial charge in [0.15, 0.2) is 0 Å². The maximum Gasteiger partial charge on any atom is 0.127 e. The first kappa shape index (κ1) is 8.82. The zero-order chi connectivity index (χ0) is 9.26. The molecule has 1 aliphatic rings. The van der Waals surface area contributed by atoms with Gasteiger partial charge < -0.3 is 4.79 Å². The molecule has 1 heterocycles. The number of aryl methyl sites for hydroxylation is 1. The number of rotatable bonds is 1. The summed E-state index contributed by atoms with van der Waals surface area (Å²) in [7, 11) is 0. The summed E-state index contributed by atoms with van der Waals surface area (Å²) < 4.78 is 0. The van der Waals surface area contributed by atoms with Crippen LogP contribution in [0.4, 0.5) is 0 Å². The van der Waals surface area contributed by atoms with Crippen molar-refractivity contribution in [2.24, 2.45) is 0 Å². The number of carbonyl (C=O) groups excluding carboxylic acids is 1. The minimum Gasteiger partial charge on any atom is -0.303 e. The second-order valence-electron chi connectivity index (χ2n) is 3.42. The number of benzene rings is 1. The van der Waals surface area contributed by atoms with Gasteiger partial charge in [0.05, 0.1) is 0 Å². The smallest absolute Gasteiger partial charge is 0.127 e. The fourth-order valence-corrected chi connectivity index (χ4v) is 2.81. The molecule has 1 aromatic carbocycles. The Morgan fingerprint density at radius 2 is 2.38 bits per heavy atom. The number of aldehydes is 1. The zero-order valence-electron chi connectivity index (χ0n) is 7.62. The summed E-state index contributed by atoms with van der Waals surface area (Å²) in [6.45, 7) is 2.07. The Labute approximate surface area is 82.5 Å². The van der Waals surface area contributed by atoms with E-state index in [1.54, 1.807) is 0 Å². The maximum atomic E-state index is 10.8. The van der Waals surface area contributed by atoms with Crippen molar-refractivity contribution in [3.63, 3.8) is 0 Å². The van der Waals surface area contributed by atoms with Crippen molar-refractivity contribution in [3.05, 3.63) is 29.3 Å². The van der Waals surface area contributed by atoms with Crippen molar-refractivity contribution in [1.82, 2.24) is 0 Å². The molecule has 0 amide bonds. The van der Waals surface area contributed by atoms with Crippen LogP contribution in [-0.2, 0) is 4.79 Å². The quantitative estimate of drug-likeness (QED) is 0.636. The highest BCUT2D eigenvalue weighted by Gasteiger charge is 2.19. The van der Waals surface area contributed by atoms with E-state index in [2.05, 4.69) is 25.1 Å². The predicted octanol–water partition coefficient (Wildman–Crippen LogP) is 2.77. The van der Waals surface area contributed by atoms with Gasteiger partial charge in [-0.1, -0.05) is 17.7 Å². The lowest BCUT2D eigenvalue weighted by Crippen LogP contribution is -2.08. The van der Waals surface area contributed by atoms with Crippen LogP contribution in [0.1, 0.15) is 23.5 Å². The van der Waals surface area contributed by atoms with Gasteiger partial charge in [0, 0.05) is 10.8 Å². The largest absolute Gasteiger partial charge is 0.303 e. The van der Waals surface area contributed by atoms with Gasteiger partial charge in [0.2, 0.25) is 0 Å². The van der Waals surface area contributed by atoms with Crippen molar-refractivity contribution < 1.29 is 4.79 Å². The van der Waals surface area contributed by atoms with Crippen LogP contribution < -0.4 is 0 Å². The van der Waals surface area contributed by atoms with E-state index in [0.29, 0.717) is 0 Å². The number of hydrogen-bond acceptors (Lipinski definition) is 2. The molecule has 0 fully saturated rings. The molecule has 0 N–H and O–H groups in total. The number of hydrogen-bond donors (Lipinski definition) is 0. The fraction of sp³-hybridized carbons (Fsp3) is 0.364. The van der Waals surface area contributed by atoms with E-state index in [0.717, 1.165) is 18.5 Å². The third-order valence-corrected chi connectivity index (χ3v) is 3.54. The van der Waals surface area contributed by atoms with E-state index in [9.17, 15) is 4.79 Å². The lowest BCUT2D eigenvalue weighted by atomic mass is 9.96. The number of carbonyl (C=O) groups is 1. The van der Waals surface area contributed by atoms with E-state index in [1.807, 2.05) is 11.8 Å². The summed E-state index contributed by atoms with van der Waals surface area (Å²) in [4.78, 5) is 12.1. The standard InChI is InChI=1S/C11H12OS/c1-8-2-3-11-10(6-8)9(7-12)4-5-13-11/h2-3,6-7,9H,4-5H2,1H3. The SMILES string of the molecule is Cc1ccc2c(c1)C(C=O)CCS2. The molecule has 0 bridgehead atoms. The van der Waals surface area contributed by atoms with Crippen LogP contribution in [0.2, 0.25) is 0 Å². The molecule has 0 aliphatic carbocycles. The van der Waals surface area contributed by atoms with Crippen molar-refractivity contribution in [2.45, 2.75) is 24.2 Å². The van der Waals surface area contributed by atoms with E-state index < -0.39 is 0 Å². The summed E-state index contributed by atoms with van der Waals surface area (Å²) in [5.74, 6) is 1.20. The first-order chi connectivity index (χ1) is 6.31. The average molecular weight is 192 g/mol. The van der Waals surface area contributed by atoms with Crippen LogP contribution in [0.5, 0.6) is 0 Å². The molecular weight excluding hydrogens is 180 g/mol. The Kier molecular flexibility index (Phi) is 2.40. The molecule has 0 radical (unpaired) electrons. The summed E-state index contributed by atoms with van der Waals surface area (Å²) in [6, 6.07) is 6.38. The van der Waals surface area contributed by atoms with E-state index in [1.165, 1.54) is 16.0 Å². The molecule has 68 valence electrons. The molecule has 2 heteroatoms. The monoisotopic (exact) mass is 192 g/mol. The number of thioether (sulfide) groups is 1. The lowest BCUT2D eigenvalue weighted by molar-refractivity contribution is -0.109. The van der Waals surface area contributed by atoms with Crippen LogP contribution in [0, 0.1) is 6.92 Å². The summed E-state index contributed by atoms with van der Waals surface area (Å²) in [6.07, 6.45) is 2.07. The Balaban J connectivity index is 2.47. The zero-order valence-corrected chi connectivity index (χ0v) is 8.43. The van der Waals surface area contributed by atoms with Gasteiger partial charge in [0.1, 0.15) is 6.29 Å². The minimum absolute atomic E-state index is 0.135. The molecular formula is C11H12OS. The fourth-order valence-electron chi connectivity index (χ4n) is 1.68. The van der Waals surface area contributed by atoms with Crippen molar-refractivity contribution in [3.8, 4) is 0 Å². The molecule has 1 atom stereocenters. The summed E-state index contributed by atoms with van der Waals surface area (Å²) >= 11 is 1.86. The molecule has 0 saturated carbocycles. The molecule has 1 aliphatic heterocycles. The Morgan fingerprint density at radius 1 is 1.54 bits per heavy atom. The first-order valence-corrected chi connectivity index (χ1v) is 5.48. The molecule has 13 heavy (non-hydrogen) atoms. The molecule has 1 unspecified atom stereocenters. The highest BCUT2D eigenvalue weighted by atomic mass is 32.2. The molecule has 0 spiro atoms. The second-order valence-corrected chi connectivity index (χ2v) is 4.56.